The highest BCUT2D eigenvalue weighted by Gasteiger charge is 2.37. The maximum absolute atomic E-state index is 11.2. The van der Waals surface area contributed by atoms with Crippen LogP contribution in [0.15, 0.2) is 0 Å². The number of hydrogen-bond donors (Lipinski definition) is 0. The Morgan fingerprint density at radius 1 is 1.67 bits per heavy atom. The van der Waals surface area contributed by atoms with Crippen LogP contribution in [0.1, 0.15) is 12.8 Å². The molecule has 0 aliphatic carbocycles. The second kappa shape index (κ2) is 4.85. The molecule has 0 amide bonds. The minimum Gasteiger partial charge on any atom is -0.380 e. The van der Waals surface area contributed by atoms with Gasteiger partial charge >= 0.3 is 0 Å². The maximum Gasteiger partial charge on any atom is 0.129 e. The van der Waals surface area contributed by atoms with Gasteiger partial charge in [-0.2, -0.15) is 11.8 Å². The number of ether oxygens (including phenoxy) is 1. The summed E-state index contributed by atoms with van der Waals surface area (Å²) in [5, 5.41) is 0. The standard InChI is InChI=1S/C11H19NO2S/c1-12(10-2-5-15-6-10)7-11(8-13)3-4-14-9-11/h8,10H,2-7,9H2,1H3. The van der Waals surface area contributed by atoms with Gasteiger partial charge in [-0.1, -0.05) is 0 Å². The summed E-state index contributed by atoms with van der Waals surface area (Å²) in [5.41, 5.74) is -0.220. The van der Waals surface area contributed by atoms with Crippen LogP contribution in [0.2, 0.25) is 0 Å². The Balaban J connectivity index is 1.90. The molecule has 0 bridgehead atoms. The molecule has 15 heavy (non-hydrogen) atoms. The highest BCUT2D eigenvalue weighted by molar-refractivity contribution is 7.99. The fourth-order valence-electron chi connectivity index (χ4n) is 2.37. The molecule has 0 aromatic carbocycles. The minimum atomic E-state index is -0.220. The predicted octanol–water partition coefficient (Wildman–Crippen LogP) is 1.03. The molecule has 3 nitrogen and oxygen atoms in total. The predicted molar refractivity (Wildman–Crippen MR) is 62.3 cm³/mol. The van der Waals surface area contributed by atoms with Crippen LogP contribution >= 0.6 is 11.8 Å². The van der Waals surface area contributed by atoms with Gasteiger partial charge in [-0.05, 0) is 25.6 Å². The first-order valence-electron chi connectivity index (χ1n) is 5.58. The number of carbonyl (C=O) groups is 1. The quantitative estimate of drug-likeness (QED) is 0.673. The fourth-order valence-corrected chi connectivity index (χ4v) is 3.67. The molecule has 0 aromatic heterocycles. The Bertz CT molecular complexity index is 223. The van der Waals surface area contributed by atoms with E-state index in [2.05, 4.69) is 11.9 Å². The summed E-state index contributed by atoms with van der Waals surface area (Å²) in [4.78, 5) is 13.5. The Hall–Kier alpha value is -0.0600. The topological polar surface area (TPSA) is 29.5 Å². The van der Waals surface area contributed by atoms with E-state index in [0.717, 1.165) is 25.9 Å². The zero-order chi connectivity index (χ0) is 10.7. The molecule has 0 N–H and O–H groups in total. The SMILES string of the molecule is CN(CC1(C=O)CCOC1)C1CCSC1. The molecule has 2 aliphatic rings. The number of nitrogens with zero attached hydrogens (tertiary/aromatic N) is 1. The van der Waals surface area contributed by atoms with E-state index in [-0.39, 0.29) is 5.41 Å². The van der Waals surface area contributed by atoms with Gasteiger partial charge in [0.05, 0.1) is 12.0 Å². The van der Waals surface area contributed by atoms with Crippen LogP contribution in [0.3, 0.4) is 0 Å². The van der Waals surface area contributed by atoms with Crippen LogP contribution in [-0.4, -0.2) is 55.5 Å². The van der Waals surface area contributed by atoms with Crippen molar-refractivity contribution in [3.63, 3.8) is 0 Å². The van der Waals surface area contributed by atoms with Gasteiger partial charge in [0, 0.05) is 24.9 Å². The Labute approximate surface area is 95.5 Å². The van der Waals surface area contributed by atoms with Crippen molar-refractivity contribution in [1.82, 2.24) is 4.90 Å². The molecule has 86 valence electrons. The van der Waals surface area contributed by atoms with E-state index in [1.807, 2.05) is 11.8 Å². The van der Waals surface area contributed by atoms with E-state index in [1.165, 1.54) is 17.9 Å². The number of aldehydes is 1. The average molecular weight is 229 g/mol. The summed E-state index contributed by atoms with van der Waals surface area (Å²) in [6.45, 7) is 2.22. The molecule has 2 rings (SSSR count). The van der Waals surface area contributed by atoms with E-state index in [1.54, 1.807) is 0 Å². The molecule has 2 fully saturated rings. The van der Waals surface area contributed by atoms with E-state index >= 15 is 0 Å². The van der Waals surface area contributed by atoms with Crippen LogP contribution in [-0.2, 0) is 9.53 Å². The van der Waals surface area contributed by atoms with E-state index < -0.39 is 0 Å². The van der Waals surface area contributed by atoms with Crippen molar-refractivity contribution >= 4 is 18.0 Å². The summed E-state index contributed by atoms with van der Waals surface area (Å²) in [6, 6.07) is 0.660. The second-order valence-corrected chi connectivity index (χ2v) is 5.87. The fraction of sp³-hybridized carbons (Fsp3) is 0.909. The smallest absolute Gasteiger partial charge is 0.129 e. The van der Waals surface area contributed by atoms with Crippen LogP contribution in [0.4, 0.5) is 0 Å². The maximum atomic E-state index is 11.2. The molecular formula is C11H19NO2S. The molecule has 0 spiro atoms. The first-order chi connectivity index (χ1) is 7.26. The Morgan fingerprint density at radius 2 is 2.53 bits per heavy atom. The second-order valence-electron chi connectivity index (χ2n) is 4.72. The van der Waals surface area contributed by atoms with Crippen molar-refractivity contribution in [2.75, 3.05) is 38.3 Å². The molecule has 0 saturated carbocycles. The van der Waals surface area contributed by atoms with Gasteiger partial charge < -0.3 is 14.4 Å². The van der Waals surface area contributed by atoms with Crippen molar-refractivity contribution in [2.45, 2.75) is 18.9 Å². The molecule has 2 atom stereocenters. The minimum absolute atomic E-state index is 0.220. The van der Waals surface area contributed by atoms with Crippen molar-refractivity contribution in [3.05, 3.63) is 0 Å². The van der Waals surface area contributed by atoms with Crippen LogP contribution in [0.25, 0.3) is 0 Å². The molecule has 0 radical (unpaired) electrons. The van der Waals surface area contributed by atoms with Gasteiger partial charge in [0.25, 0.3) is 0 Å². The number of thioether (sulfide) groups is 1. The van der Waals surface area contributed by atoms with Crippen molar-refractivity contribution < 1.29 is 9.53 Å². The van der Waals surface area contributed by atoms with Crippen LogP contribution in [0, 0.1) is 5.41 Å². The number of hydrogen-bond acceptors (Lipinski definition) is 4. The highest BCUT2D eigenvalue weighted by atomic mass is 32.2. The molecule has 2 unspecified atom stereocenters. The van der Waals surface area contributed by atoms with Crippen molar-refractivity contribution in [2.24, 2.45) is 5.41 Å². The summed E-state index contributed by atoms with van der Waals surface area (Å²) < 4.78 is 5.35. The number of carbonyl (C=O) groups excluding carboxylic acids is 1. The molecule has 0 aromatic rings. The summed E-state index contributed by atoms with van der Waals surface area (Å²) in [6.07, 6.45) is 3.26. The van der Waals surface area contributed by atoms with Crippen LogP contribution in [0.5, 0.6) is 0 Å². The summed E-state index contributed by atoms with van der Waals surface area (Å²) in [5.74, 6) is 2.48. The lowest BCUT2D eigenvalue weighted by Crippen LogP contribution is -2.42. The third-order valence-electron chi connectivity index (χ3n) is 3.48. The van der Waals surface area contributed by atoms with Gasteiger partial charge in [0.2, 0.25) is 0 Å². The molecule has 2 saturated heterocycles. The first kappa shape index (κ1) is 11.4. The third kappa shape index (κ3) is 2.55. The highest BCUT2D eigenvalue weighted by Crippen LogP contribution is 2.30. The Morgan fingerprint density at radius 3 is 3.07 bits per heavy atom. The van der Waals surface area contributed by atoms with E-state index in [4.69, 9.17) is 4.74 Å². The van der Waals surface area contributed by atoms with Gasteiger partial charge in [-0.25, -0.2) is 0 Å². The van der Waals surface area contributed by atoms with Crippen molar-refractivity contribution in [1.29, 1.82) is 0 Å². The lowest BCUT2D eigenvalue weighted by atomic mass is 9.88. The summed E-state index contributed by atoms with van der Waals surface area (Å²) >= 11 is 2.01. The van der Waals surface area contributed by atoms with Gasteiger partial charge in [-0.15, -0.1) is 0 Å². The average Bonchev–Trinajstić information content (AvgIpc) is 2.88. The van der Waals surface area contributed by atoms with Gasteiger partial charge in [0.1, 0.15) is 6.29 Å². The largest absolute Gasteiger partial charge is 0.380 e. The van der Waals surface area contributed by atoms with Gasteiger partial charge in [-0.3, -0.25) is 0 Å². The zero-order valence-corrected chi connectivity index (χ0v) is 10.1. The van der Waals surface area contributed by atoms with Crippen LogP contribution < -0.4 is 0 Å². The lowest BCUT2D eigenvalue weighted by Gasteiger charge is -2.31. The van der Waals surface area contributed by atoms with Gasteiger partial charge in [0.15, 0.2) is 0 Å². The molecule has 2 aliphatic heterocycles. The molecular weight excluding hydrogens is 210 g/mol. The molecule has 2 heterocycles. The van der Waals surface area contributed by atoms with E-state index in [9.17, 15) is 4.79 Å². The Kier molecular flexibility index (Phi) is 3.69. The monoisotopic (exact) mass is 229 g/mol. The van der Waals surface area contributed by atoms with Crippen molar-refractivity contribution in [3.8, 4) is 0 Å². The number of rotatable bonds is 4. The lowest BCUT2D eigenvalue weighted by molar-refractivity contribution is -0.117. The molecule has 4 heteroatoms. The normalized spacial score (nSPS) is 36.3. The van der Waals surface area contributed by atoms with E-state index in [0.29, 0.717) is 12.6 Å². The third-order valence-corrected chi connectivity index (χ3v) is 4.62. The first-order valence-corrected chi connectivity index (χ1v) is 6.73. The summed E-state index contributed by atoms with van der Waals surface area (Å²) in [7, 11) is 2.14. The zero-order valence-electron chi connectivity index (χ0n) is 9.28.